The normalized spacial score (nSPS) is 12.7. The molecule has 1 aromatic heterocycles. The van der Waals surface area contributed by atoms with E-state index in [0.29, 0.717) is 16.6 Å². The van der Waals surface area contributed by atoms with Crippen LogP contribution in [0.3, 0.4) is 0 Å². The second kappa shape index (κ2) is 8.50. The molecular weight excluding hydrogens is 351 g/mol. The predicted molar refractivity (Wildman–Crippen MR) is 99.3 cm³/mol. The van der Waals surface area contributed by atoms with Crippen molar-refractivity contribution in [1.29, 1.82) is 0 Å². The van der Waals surface area contributed by atoms with Crippen LogP contribution in [0.4, 0.5) is 0 Å². The lowest BCUT2D eigenvalue weighted by atomic mass is 10.2. The molecule has 0 bridgehead atoms. The van der Waals surface area contributed by atoms with Crippen molar-refractivity contribution >= 4 is 46.5 Å². The van der Waals surface area contributed by atoms with Gasteiger partial charge in [0.05, 0.1) is 16.1 Å². The fourth-order valence-electron chi connectivity index (χ4n) is 2.06. The number of amides is 1. The van der Waals surface area contributed by atoms with Crippen LogP contribution >= 0.6 is 34.5 Å². The average molecular weight is 369 g/mol. The lowest BCUT2D eigenvalue weighted by molar-refractivity contribution is -0.116. The Morgan fingerprint density at radius 2 is 2.09 bits per heavy atom. The Morgan fingerprint density at radius 3 is 2.70 bits per heavy atom. The molecule has 0 radical (unpaired) electrons. The number of carbonyl (C=O) groups excluding carboxylic acids is 1. The maximum absolute atomic E-state index is 12.0. The molecule has 0 aliphatic heterocycles. The summed E-state index contributed by atoms with van der Waals surface area (Å²) < 4.78 is 0. The van der Waals surface area contributed by atoms with Crippen molar-refractivity contribution in [3.63, 3.8) is 0 Å². The summed E-state index contributed by atoms with van der Waals surface area (Å²) in [7, 11) is 4.00. The Kier molecular flexibility index (Phi) is 6.66. The van der Waals surface area contributed by atoms with E-state index in [0.717, 1.165) is 5.56 Å². The van der Waals surface area contributed by atoms with Gasteiger partial charge in [-0.3, -0.25) is 4.79 Å². The van der Waals surface area contributed by atoms with Crippen molar-refractivity contribution < 1.29 is 4.79 Å². The highest BCUT2D eigenvalue weighted by Crippen LogP contribution is 2.23. The van der Waals surface area contributed by atoms with Gasteiger partial charge in [-0.1, -0.05) is 35.3 Å². The summed E-state index contributed by atoms with van der Waals surface area (Å²) in [6, 6.07) is 9.50. The number of hydrogen-bond acceptors (Lipinski definition) is 3. The number of carbonyl (C=O) groups is 1. The number of hydrogen-bond donors (Lipinski definition) is 1. The van der Waals surface area contributed by atoms with Crippen molar-refractivity contribution in [1.82, 2.24) is 10.2 Å². The van der Waals surface area contributed by atoms with E-state index in [-0.39, 0.29) is 11.9 Å². The van der Waals surface area contributed by atoms with E-state index < -0.39 is 0 Å². The number of likely N-dealkylation sites (N-methyl/N-ethyl adjacent to an activating group) is 1. The largest absolute Gasteiger partial charge is 0.351 e. The minimum atomic E-state index is -0.139. The van der Waals surface area contributed by atoms with Crippen LogP contribution in [0.15, 0.2) is 41.8 Å². The predicted octanol–water partition coefficient (Wildman–Crippen LogP) is 4.49. The lowest BCUT2D eigenvalue weighted by Crippen LogP contribution is -2.33. The Labute approximate surface area is 150 Å². The zero-order valence-corrected chi connectivity index (χ0v) is 15.3. The monoisotopic (exact) mass is 368 g/mol. The molecule has 1 amide bonds. The number of rotatable bonds is 6. The number of halogens is 2. The second-order valence-corrected chi connectivity index (χ2v) is 7.04. The molecule has 2 rings (SSSR count). The second-order valence-electron chi connectivity index (χ2n) is 5.25. The number of thiophene rings is 1. The van der Waals surface area contributed by atoms with Crippen LogP contribution in [0.2, 0.25) is 10.0 Å². The van der Waals surface area contributed by atoms with Crippen LogP contribution < -0.4 is 5.32 Å². The summed E-state index contributed by atoms with van der Waals surface area (Å²) in [4.78, 5) is 15.3. The molecule has 2 aromatic rings. The average Bonchev–Trinajstić information content (AvgIpc) is 3.02. The summed E-state index contributed by atoms with van der Waals surface area (Å²) in [5, 5.41) is 5.94. The first-order chi connectivity index (χ1) is 11.0. The molecular formula is C17H18Cl2N2OS. The molecule has 0 aliphatic carbocycles. The van der Waals surface area contributed by atoms with Crippen LogP contribution in [0.25, 0.3) is 6.08 Å². The zero-order valence-electron chi connectivity index (χ0n) is 12.9. The first kappa shape index (κ1) is 18.0. The maximum Gasteiger partial charge on any atom is 0.244 e. The molecule has 1 aromatic carbocycles. The molecule has 0 fully saturated rings. The van der Waals surface area contributed by atoms with Crippen LogP contribution in [0, 0.1) is 0 Å². The van der Waals surface area contributed by atoms with Gasteiger partial charge in [-0.05, 0) is 49.3 Å². The lowest BCUT2D eigenvalue weighted by Gasteiger charge is -2.23. The fourth-order valence-corrected chi connectivity index (χ4v) is 3.29. The van der Waals surface area contributed by atoms with E-state index in [4.69, 9.17) is 23.2 Å². The van der Waals surface area contributed by atoms with Crippen LogP contribution in [0.1, 0.15) is 16.5 Å². The van der Waals surface area contributed by atoms with E-state index >= 15 is 0 Å². The fraction of sp³-hybridized carbons (Fsp3) is 0.235. The molecule has 1 atom stereocenters. The summed E-state index contributed by atoms with van der Waals surface area (Å²) in [6.07, 6.45) is 3.22. The smallest absolute Gasteiger partial charge is 0.244 e. The quantitative estimate of drug-likeness (QED) is 0.761. The molecule has 1 heterocycles. The highest BCUT2D eigenvalue weighted by atomic mass is 35.5. The Balaban J connectivity index is 1.93. The topological polar surface area (TPSA) is 32.3 Å². The number of nitrogens with one attached hydrogen (secondary N) is 1. The minimum absolute atomic E-state index is 0.139. The molecule has 23 heavy (non-hydrogen) atoms. The van der Waals surface area contributed by atoms with Crippen LogP contribution in [0.5, 0.6) is 0 Å². The van der Waals surface area contributed by atoms with Gasteiger partial charge in [0, 0.05) is 17.5 Å². The number of nitrogens with zero attached hydrogens (tertiary/aromatic N) is 1. The Bertz CT molecular complexity index is 684. The molecule has 0 saturated carbocycles. The van der Waals surface area contributed by atoms with Gasteiger partial charge in [-0.25, -0.2) is 0 Å². The van der Waals surface area contributed by atoms with Crippen LogP contribution in [-0.2, 0) is 4.79 Å². The first-order valence-electron chi connectivity index (χ1n) is 7.08. The van der Waals surface area contributed by atoms with Crippen molar-refractivity contribution in [3.8, 4) is 0 Å². The summed E-state index contributed by atoms with van der Waals surface area (Å²) >= 11 is 13.5. The van der Waals surface area contributed by atoms with E-state index in [1.165, 1.54) is 11.0 Å². The SMILES string of the molecule is CN(C)C(CNC(=O)/C=C/c1ccc(Cl)c(Cl)c1)c1cccs1. The highest BCUT2D eigenvalue weighted by molar-refractivity contribution is 7.10. The van der Waals surface area contributed by atoms with Gasteiger partial charge in [-0.2, -0.15) is 0 Å². The molecule has 0 saturated heterocycles. The van der Waals surface area contributed by atoms with Gasteiger partial charge in [-0.15, -0.1) is 11.3 Å². The molecule has 3 nitrogen and oxygen atoms in total. The molecule has 1 N–H and O–H groups in total. The molecule has 0 aliphatic rings. The van der Waals surface area contributed by atoms with E-state index in [9.17, 15) is 4.79 Å². The standard InChI is InChI=1S/C17H18Cl2N2OS/c1-21(2)15(16-4-3-9-23-16)11-20-17(22)8-6-12-5-7-13(18)14(19)10-12/h3-10,15H,11H2,1-2H3,(H,20,22)/b8-6+. The Morgan fingerprint density at radius 1 is 1.30 bits per heavy atom. The summed E-state index contributed by atoms with van der Waals surface area (Å²) in [6.45, 7) is 0.554. The van der Waals surface area contributed by atoms with Gasteiger partial charge in [0.25, 0.3) is 0 Å². The molecule has 122 valence electrons. The van der Waals surface area contributed by atoms with E-state index in [1.54, 1.807) is 29.5 Å². The van der Waals surface area contributed by atoms with Crippen molar-refractivity contribution in [3.05, 3.63) is 62.3 Å². The van der Waals surface area contributed by atoms with Crippen molar-refractivity contribution in [2.45, 2.75) is 6.04 Å². The van der Waals surface area contributed by atoms with Crippen molar-refractivity contribution in [2.24, 2.45) is 0 Å². The molecule has 1 unspecified atom stereocenters. The summed E-state index contributed by atoms with van der Waals surface area (Å²) in [5.74, 6) is -0.139. The third kappa shape index (κ3) is 5.36. The third-order valence-electron chi connectivity index (χ3n) is 3.34. The van der Waals surface area contributed by atoms with Gasteiger partial charge >= 0.3 is 0 Å². The summed E-state index contributed by atoms with van der Waals surface area (Å²) in [5.41, 5.74) is 0.831. The van der Waals surface area contributed by atoms with Gasteiger partial charge in [0.1, 0.15) is 0 Å². The maximum atomic E-state index is 12.0. The van der Waals surface area contributed by atoms with Crippen LogP contribution in [-0.4, -0.2) is 31.4 Å². The molecule has 0 spiro atoms. The van der Waals surface area contributed by atoms with Crippen molar-refractivity contribution in [2.75, 3.05) is 20.6 Å². The van der Waals surface area contributed by atoms with Gasteiger partial charge < -0.3 is 10.2 Å². The first-order valence-corrected chi connectivity index (χ1v) is 8.71. The third-order valence-corrected chi connectivity index (χ3v) is 5.05. The Hall–Kier alpha value is -1.33. The zero-order chi connectivity index (χ0) is 16.8. The van der Waals surface area contributed by atoms with Gasteiger partial charge in [0.2, 0.25) is 5.91 Å². The molecule has 6 heteroatoms. The number of benzene rings is 1. The van der Waals surface area contributed by atoms with E-state index in [1.807, 2.05) is 31.6 Å². The minimum Gasteiger partial charge on any atom is -0.351 e. The van der Waals surface area contributed by atoms with Gasteiger partial charge in [0.15, 0.2) is 0 Å². The highest BCUT2D eigenvalue weighted by Gasteiger charge is 2.15. The van der Waals surface area contributed by atoms with E-state index in [2.05, 4.69) is 16.3 Å².